The van der Waals surface area contributed by atoms with Crippen LogP contribution in [-0.4, -0.2) is 20.2 Å². The minimum atomic E-state index is 0.245. The fraction of sp³-hybridized carbons (Fsp3) is 0.286. The van der Waals surface area contributed by atoms with E-state index in [0.29, 0.717) is 15.9 Å². The van der Waals surface area contributed by atoms with Crippen molar-refractivity contribution in [3.63, 3.8) is 0 Å². The average molecular weight is 399 g/mol. The van der Waals surface area contributed by atoms with Gasteiger partial charge in [-0.2, -0.15) is 0 Å². The van der Waals surface area contributed by atoms with E-state index in [1.807, 2.05) is 16.8 Å². The van der Waals surface area contributed by atoms with Crippen LogP contribution < -0.4 is 0 Å². The van der Waals surface area contributed by atoms with E-state index in [-0.39, 0.29) is 6.04 Å². The van der Waals surface area contributed by atoms with Gasteiger partial charge in [0.25, 0.3) is 0 Å². The van der Waals surface area contributed by atoms with Crippen LogP contribution in [0.15, 0.2) is 60.2 Å². The van der Waals surface area contributed by atoms with E-state index in [1.165, 1.54) is 11.1 Å². The number of aromatic nitrogens is 4. The molecular weight excluding hydrogens is 379 g/mol. The minimum absolute atomic E-state index is 0.245. The summed E-state index contributed by atoms with van der Waals surface area (Å²) in [6, 6.07) is 16.4. The molecule has 0 bridgehead atoms. The van der Waals surface area contributed by atoms with Crippen molar-refractivity contribution in [2.24, 2.45) is 0 Å². The second-order valence-electron chi connectivity index (χ2n) is 6.84. The molecular formula is C21H20Cl2N4. The van der Waals surface area contributed by atoms with Crippen molar-refractivity contribution in [2.45, 2.75) is 38.1 Å². The van der Waals surface area contributed by atoms with Gasteiger partial charge in [-0.1, -0.05) is 71.2 Å². The lowest BCUT2D eigenvalue weighted by Gasteiger charge is -2.17. The normalized spacial score (nSPS) is 17.4. The second-order valence-corrected chi connectivity index (χ2v) is 7.63. The average Bonchev–Trinajstić information content (AvgIpc) is 3.05. The van der Waals surface area contributed by atoms with Gasteiger partial charge in [0.2, 0.25) is 0 Å². The predicted molar refractivity (Wildman–Crippen MR) is 109 cm³/mol. The minimum Gasteiger partial charge on any atom is -0.222 e. The molecule has 0 radical (unpaired) electrons. The first kappa shape index (κ1) is 18.2. The summed E-state index contributed by atoms with van der Waals surface area (Å²) in [5, 5.41) is 13.4. The summed E-state index contributed by atoms with van der Waals surface area (Å²) in [4.78, 5) is 0. The van der Waals surface area contributed by atoms with Gasteiger partial charge in [-0.25, -0.2) is 4.68 Å². The zero-order chi connectivity index (χ0) is 18.6. The van der Waals surface area contributed by atoms with Crippen molar-refractivity contribution >= 4 is 23.2 Å². The Labute approximate surface area is 168 Å². The third-order valence-electron chi connectivity index (χ3n) is 5.04. The summed E-state index contributed by atoms with van der Waals surface area (Å²) >= 11 is 12.6. The summed E-state index contributed by atoms with van der Waals surface area (Å²) in [6.45, 7) is 0. The molecule has 1 atom stereocenters. The fourth-order valence-corrected chi connectivity index (χ4v) is 4.02. The molecule has 1 aliphatic rings. The van der Waals surface area contributed by atoms with Gasteiger partial charge in [0.15, 0.2) is 5.82 Å². The Bertz CT molecular complexity index is 950. The molecule has 1 aliphatic carbocycles. The van der Waals surface area contributed by atoms with Crippen molar-refractivity contribution in [1.29, 1.82) is 0 Å². The van der Waals surface area contributed by atoms with Gasteiger partial charge < -0.3 is 0 Å². The lowest BCUT2D eigenvalue weighted by atomic mass is 10.0. The van der Waals surface area contributed by atoms with E-state index in [0.717, 1.165) is 37.7 Å². The van der Waals surface area contributed by atoms with Gasteiger partial charge in [-0.3, -0.25) is 0 Å². The Morgan fingerprint density at radius 2 is 1.85 bits per heavy atom. The monoisotopic (exact) mass is 398 g/mol. The predicted octanol–water partition coefficient (Wildman–Crippen LogP) is 5.93. The lowest BCUT2D eigenvalue weighted by Crippen LogP contribution is -2.12. The third-order valence-corrected chi connectivity index (χ3v) is 5.86. The molecule has 0 amide bonds. The molecule has 0 spiro atoms. The Morgan fingerprint density at radius 3 is 2.70 bits per heavy atom. The number of rotatable bonds is 4. The second kappa shape index (κ2) is 8.24. The summed E-state index contributed by atoms with van der Waals surface area (Å²) < 4.78 is 1.91. The molecule has 4 nitrogen and oxygen atoms in total. The van der Waals surface area contributed by atoms with Crippen LogP contribution in [0.2, 0.25) is 10.0 Å². The maximum Gasteiger partial charge on any atom is 0.183 e. The molecule has 0 aliphatic heterocycles. The maximum atomic E-state index is 6.39. The summed E-state index contributed by atoms with van der Waals surface area (Å²) in [5.41, 5.74) is 3.62. The van der Waals surface area contributed by atoms with E-state index in [4.69, 9.17) is 23.2 Å². The number of halogens is 2. The van der Waals surface area contributed by atoms with E-state index < -0.39 is 0 Å². The van der Waals surface area contributed by atoms with Crippen LogP contribution in [-0.2, 0) is 6.42 Å². The van der Waals surface area contributed by atoms with Crippen LogP contribution >= 0.6 is 23.2 Å². The Kier molecular flexibility index (Phi) is 5.55. The van der Waals surface area contributed by atoms with Crippen molar-refractivity contribution in [1.82, 2.24) is 20.2 Å². The standard InChI is InChI=1S/C21H20Cl2N4/c22-19-11-5-10-18(20(19)23)21-24-25-26-27(21)17-9-4-8-16(12-13-17)14-15-6-2-1-3-7-15/h1-3,5-8,10-11,17H,4,9,12-14H2. The van der Waals surface area contributed by atoms with E-state index in [9.17, 15) is 0 Å². The molecule has 1 aromatic heterocycles. The number of hydrogen-bond donors (Lipinski definition) is 0. The summed E-state index contributed by atoms with van der Waals surface area (Å²) in [5.74, 6) is 0.680. The zero-order valence-corrected chi connectivity index (χ0v) is 16.4. The Morgan fingerprint density at radius 1 is 1.00 bits per heavy atom. The molecule has 4 rings (SSSR count). The highest BCUT2D eigenvalue weighted by atomic mass is 35.5. The molecule has 27 heavy (non-hydrogen) atoms. The quantitative estimate of drug-likeness (QED) is 0.511. The van der Waals surface area contributed by atoms with Crippen LogP contribution in [0.3, 0.4) is 0 Å². The highest BCUT2D eigenvalue weighted by Crippen LogP contribution is 2.35. The largest absolute Gasteiger partial charge is 0.222 e. The molecule has 1 unspecified atom stereocenters. The van der Waals surface area contributed by atoms with E-state index in [2.05, 4.69) is 51.9 Å². The van der Waals surface area contributed by atoms with Crippen LogP contribution in [0, 0.1) is 0 Å². The van der Waals surface area contributed by atoms with Crippen LogP contribution in [0.25, 0.3) is 11.4 Å². The number of nitrogens with zero attached hydrogens (tertiary/aromatic N) is 4. The first-order valence-corrected chi connectivity index (χ1v) is 9.92. The number of benzene rings is 2. The zero-order valence-electron chi connectivity index (χ0n) is 14.9. The first-order chi connectivity index (χ1) is 13.2. The van der Waals surface area contributed by atoms with Crippen molar-refractivity contribution in [3.8, 4) is 11.4 Å². The molecule has 2 aromatic carbocycles. The smallest absolute Gasteiger partial charge is 0.183 e. The van der Waals surface area contributed by atoms with E-state index >= 15 is 0 Å². The number of tetrazole rings is 1. The Hall–Kier alpha value is -2.17. The number of allylic oxidation sites excluding steroid dienone is 2. The molecule has 1 heterocycles. The molecule has 0 fully saturated rings. The van der Waals surface area contributed by atoms with Gasteiger partial charge in [0.1, 0.15) is 0 Å². The SMILES string of the molecule is Clc1cccc(-c2nnnn2C2CCC=C(Cc3ccccc3)CC2)c1Cl. The molecule has 0 N–H and O–H groups in total. The van der Waals surface area contributed by atoms with E-state index in [1.54, 1.807) is 6.07 Å². The topological polar surface area (TPSA) is 43.6 Å². The number of hydrogen-bond acceptors (Lipinski definition) is 3. The van der Waals surface area contributed by atoms with Crippen molar-refractivity contribution in [2.75, 3.05) is 0 Å². The fourth-order valence-electron chi connectivity index (χ4n) is 3.63. The summed E-state index contributed by atoms with van der Waals surface area (Å²) in [6.07, 6.45) is 7.47. The maximum absolute atomic E-state index is 6.39. The van der Waals surface area contributed by atoms with Gasteiger partial charge in [-0.15, -0.1) is 5.10 Å². The molecule has 0 saturated carbocycles. The third kappa shape index (κ3) is 4.07. The van der Waals surface area contributed by atoms with Gasteiger partial charge in [0.05, 0.1) is 16.1 Å². The van der Waals surface area contributed by atoms with Crippen LogP contribution in [0.1, 0.15) is 37.3 Å². The van der Waals surface area contributed by atoms with Gasteiger partial charge in [0, 0.05) is 5.56 Å². The summed E-state index contributed by atoms with van der Waals surface area (Å²) in [7, 11) is 0. The van der Waals surface area contributed by atoms with Crippen molar-refractivity contribution < 1.29 is 0 Å². The molecule has 138 valence electrons. The lowest BCUT2D eigenvalue weighted by molar-refractivity contribution is 0.403. The highest BCUT2D eigenvalue weighted by Gasteiger charge is 2.22. The highest BCUT2D eigenvalue weighted by molar-refractivity contribution is 6.43. The molecule has 3 aromatic rings. The Balaban J connectivity index is 1.52. The van der Waals surface area contributed by atoms with Crippen LogP contribution in [0.4, 0.5) is 0 Å². The molecule has 0 saturated heterocycles. The molecule has 6 heteroatoms. The van der Waals surface area contributed by atoms with Gasteiger partial charge in [-0.05, 0) is 60.2 Å². The van der Waals surface area contributed by atoms with Crippen LogP contribution in [0.5, 0.6) is 0 Å². The van der Waals surface area contributed by atoms with Crippen molar-refractivity contribution in [3.05, 3.63) is 75.8 Å². The first-order valence-electron chi connectivity index (χ1n) is 9.16. The van der Waals surface area contributed by atoms with Gasteiger partial charge >= 0.3 is 0 Å².